The molecule has 0 aliphatic heterocycles. The van der Waals surface area contributed by atoms with Gasteiger partial charge in [-0.3, -0.25) is 0 Å². The number of aromatic nitrogens is 3. The quantitative estimate of drug-likeness (QED) is 0.605. The molecule has 2 rings (SSSR count). The van der Waals surface area contributed by atoms with Crippen molar-refractivity contribution in [2.45, 2.75) is 6.92 Å². The van der Waals surface area contributed by atoms with E-state index in [0.29, 0.717) is 25.4 Å². The molecule has 0 aliphatic carbocycles. The molecule has 7 nitrogen and oxygen atoms in total. The van der Waals surface area contributed by atoms with E-state index in [1.54, 1.807) is 24.5 Å². The molecule has 7 heteroatoms. The summed E-state index contributed by atoms with van der Waals surface area (Å²) >= 11 is 0. The lowest BCUT2D eigenvalue weighted by Crippen LogP contribution is -2.31. The molecule has 0 atom stereocenters. The highest BCUT2D eigenvalue weighted by atomic mass is 16.5. The van der Waals surface area contributed by atoms with E-state index < -0.39 is 0 Å². The van der Waals surface area contributed by atoms with Crippen LogP contribution in [0.2, 0.25) is 0 Å². The number of carbonyl (C=O) groups is 1. The van der Waals surface area contributed by atoms with Gasteiger partial charge in [0.2, 0.25) is 0 Å². The summed E-state index contributed by atoms with van der Waals surface area (Å²) in [5.74, 6) is 0. The molecule has 1 heterocycles. The monoisotopic (exact) mass is 301 g/mol. The molecular weight excluding hydrogens is 282 g/mol. The number of urea groups is 1. The van der Waals surface area contributed by atoms with Crippen molar-refractivity contribution in [1.82, 2.24) is 20.3 Å². The first kappa shape index (κ1) is 15.7. The number of nitrogens with one attached hydrogen (secondary N) is 2. The third-order valence-corrected chi connectivity index (χ3v) is 2.66. The Labute approximate surface area is 129 Å². The van der Waals surface area contributed by atoms with Crippen LogP contribution in [0.15, 0.2) is 48.8 Å². The van der Waals surface area contributed by atoms with Crippen molar-refractivity contribution < 1.29 is 9.53 Å². The second-order valence-corrected chi connectivity index (χ2v) is 4.76. The van der Waals surface area contributed by atoms with Gasteiger partial charge >= 0.3 is 6.03 Å². The van der Waals surface area contributed by atoms with Crippen LogP contribution in [-0.2, 0) is 4.74 Å². The SMILES string of the molecule is C=C(C)COCCNC(=O)Nc1ccc(-n2nccn2)cc1. The predicted molar refractivity (Wildman–Crippen MR) is 84.0 cm³/mol. The van der Waals surface area contributed by atoms with Gasteiger partial charge in [-0.05, 0) is 31.2 Å². The van der Waals surface area contributed by atoms with Crippen LogP contribution in [0.5, 0.6) is 0 Å². The molecule has 0 unspecified atom stereocenters. The van der Waals surface area contributed by atoms with Gasteiger partial charge in [-0.25, -0.2) is 4.79 Å². The summed E-state index contributed by atoms with van der Waals surface area (Å²) in [5, 5.41) is 13.5. The number of benzene rings is 1. The molecule has 0 spiro atoms. The van der Waals surface area contributed by atoms with Crippen molar-refractivity contribution >= 4 is 11.7 Å². The first-order valence-corrected chi connectivity index (χ1v) is 6.89. The first-order chi connectivity index (χ1) is 10.6. The zero-order chi connectivity index (χ0) is 15.8. The van der Waals surface area contributed by atoms with Gasteiger partial charge in [-0.15, -0.1) is 0 Å². The van der Waals surface area contributed by atoms with Gasteiger partial charge in [0.15, 0.2) is 0 Å². The van der Waals surface area contributed by atoms with Crippen molar-refractivity contribution in [1.29, 1.82) is 0 Å². The zero-order valence-corrected chi connectivity index (χ0v) is 12.5. The van der Waals surface area contributed by atoms with Crippen LogP contribution in [0, 0.1) is 0 Å². The van der Waals surface area contributed by atoms with E-state index in [0.717, 1.165) is 11.3 Å². The summed E-state index contributed by atoms with van der Waals surface area (Å²) in [5.41, 5.74) is 2.47. The van der Waals surface area contributed by atoms with Crippen LogP contribution in [0.25, 0.3) is 5.69 Å². The van der Waals surface area contributed by atoms with E-state index in [2.05, 4.69) is 27.4 Å². The Hall–Kier alpha value is -2.67. The Morgan fingerprint density at radius 1 is 1.27 bits per heavy atom. The van der Waals surface area contributed by atoms with Gasteiger partial charge in [-0.1, -0.05) is 12.2 Å². The van der Waals surface area contributed by atoms with Crippen molar-refractivity contribution in [3.8, 4) is 5.69 Å². The predicted octanol–water partition coefficient (Wildman–Crippen LogP) is 1.98. The Kier molecular flexibility index (Phi) is 5.67. The van der Waals surface area contributed by atoms with Gasteiger partial charge in [0.25, 0.3) is 0 Å². The fraction of sp³-hybridized carbons (Fsp3) is 0.267. The largest absolute Gasteiger partial charge is 0.375 e. The second-order valence-electron chi connectivity index (χ2n) is 4.76. The maximum atomic E-state index is 11.7. The number of anilines is 1. The van der Waals surface area contributed by atoms with Gasteiger partial charge in [0.1, 0.15) is 0 Å². The average Bonchev–Trinajstić information content (AvgIpc) is 3.01. The summed E-state index contributed by atoms with van der Waals surface area (Å²) in [7, 11) is 0. The summed E-state index contributed by atoms with van der Waals surface area (Å²) in [4.78, 5) is 13.2. The maximum absolute atomic E-state index is 11.7. The highest BCUT2D eigenvalue weighted by Crippen LogP contribution is 2.11. The van der Waals surface area contributed by atoms with Crippen LogP contribution in [0.3, 0.4) is 0 Å². The van der Waals surface area contributed by atoms with Crippen molar-refractivity contribution in [2.24, 2.45) is 0 Å². The van der Waals surface area contributed by atoms with Crippen molar-refractivity contribution in [3.05, 3.63) is 48.8 Å². The van der Waals surface area contributed by atoms with E-state index in [-0.39, 0.29) is 6.03 Å². The van der Waals surface area contributed by atoms with Crippen LogP contribution in [-0.4, -0.2) is 40.8 Å². The Bertz CT molecular complexity index is 607. The van der Waals surface area contributed by atoms with E-state index in [9.17, 15) is 4.79 Å². The van der Waals surface area contributed by atoms with Gasteiger partial charge < -0.3 is 15.4 Å². The third-order valence-electron chi connectivity index (χ3n) is 2.66. The molecule has 1 aromatic heterocycles. The Balaban J connectivity index is 1.74. The summed E-state index contributed by atoms with van der Waals surface area (Å²) in [6.07, 6.45) is 3.21. The maximum Gasteiger partial charge on any atom is 0.319 e. The van der Waals surface area contributed by atoms with Crippen molar-refractivity contribution in [2.75, 3.05) is 25.1 Å². The fourth-order valence-corrected chi connectivity index (χ4v) is 1.69. The topological polar surface area (TPSA) is 81.1 Å². The third kappa shape index (κ3) is 5.02. The standard InChI is InChI=1S/C15H19N5O2/c1-12(2)11-22-10-9-16-15(21)19-13-3-5-14(6-4-13)20-17-7-8-18-20/h3-8H,1,9-11H2,2H3,(H2,16,19,21). The molecule has 0 radical (unpaired) electrons. The number of hydrogen-bond donors (Lipinski definition) is 2. The number of ether oxygens (including phenoxy) is 1. The lowest BCUT2D eigenvalue weighted by atomic mass is 10.3. The van der Waals surface area contributed by atoms with E-state index in [1.165, 1.54) is 4.80 Å². The van der Waals surface area contributed by atoms with Gasteiger partial charge in [0, 0.05) is 12.2 Å². The first-order valence-electron chi connectivity index (χ1n) is 6.89. The van der Waals surface area contributed by atoms with E-state index >= 15 is 0 Å². The number of rotatable bonds is 7. The molecule has 0 saturated heterocycles. The number of hydrogen-bond acceptors (Lipinski definition) is 4. The van der Waals surface area contributed by atoms with Crippen LogP contribution in [0.1, 0.15) is 6.92 Å². The number of amides is 2. The van der Waals surface area contributed by atoms with Gasteiger partial charge in [-0.2, -0.15) is 15.0 Å². The highest BCUT2D eigenvalue weighted by Gasteiger charge is 2.02. The average molecular weight is 301 g/mol. The summed E-state index contributed by atoms with van der Waals surface area (Å²) < 4.78 is 5.29. The minimum absolute atomic E-state index is 0.274. The molecule has 0 fully saturated rings. The van der Waals surface area contributed by atoms with E-state index in [1.807, 2.05) is 19.1 Å². The molecule has 0 aliphatic rings. The highest BCUT2D eigenvalue weighted by molar-refractivity contribution is 5.89. The molecule has 2 aromatic rings. The fourth-order valence-electron chi connectivity index (χ4n) is 1.69. The lowest BCUT2D eigenvalue weighted by Gasteiger charge is -2.08. The molecule has 1 aromatic carbocycles. The van der Waals surface area contributed by atoms with Crippen LogP contribution in [0.4, 0.5) is 10.5 Å². The summed E-state index contributed by atoms with van der Waals surface area (Å²) in [6, 6.07) is 6.95. The van der Waals surface area contributed by atoms with Crippen molar-refractivity contribution in [3.63, 3.8) is 0 Å². The molecule has 2 N–H and O–H groups in total. The molecule has 2 amide bonds. The molecule has 0 bridgehead atoms. The Morgan fingerprint density at radius 3 is 2.59 bits per heavy atom. The second kappa shape index (κ2) is 7.94. The van der Waals surface area contributed by atoms with E-state index in [4.69, 9.17) is 4.74 Å². The normalized spacial score (nSPS) is 10.2. The zero-order valence-electron chi connectivity index (χ0n) is 12.5. The minimum atomic E-state index is -0.274. The van der Waals surface area contributed by atoms with Crippen LogP contribution >= 0.6 is 0 Å². The van der Waals surface area contributed by atoms with Gasteiger partial charge in [0.05, 0.1) is 31.3 Å². The molecule has 0 saturated carbocycles. The number of nitrogens with zero attached hydrogens (tertiary/aromatic N) is 3. The summed E-state index contributed by atoms with van der Waals surface area (Å²) in [6.45, 7) is 7.02. The molecule has 116 valence electrons. The smallest absolute Gasteiger partial charge is 0.319 e. The minimum Gasteiger partial charge on any atom is -0.375 e. The molecule has 22 heavy (non-hydrogen) atoms. The number of carbonyl (C=O) groups excluding carboxylic acids is 1. The Morgan fingerprint density at radius 2 is 1.95 bits per heavy atom. The van der Waals surface area contributed by atoms with Crippen LogP contribution < -0.4 is 10.6 Å². The molecular formula is C15H19N5O2. The lowest BCUT2D eigenvalue weighted by molar-refractivity contribution is 0.159.